The molecule has 0 spiro atoms. The Balaban J connectivity index is 2.64. The van der Waals surface area contributed by atoms with Crippen LogP contribution < -0.4 is 0 Å². The average Bonchev–Trinajstić information content (AvgIpc) is 2.64. The van der Waals surface area contributed by atoms with Gasteiger partial charge < -0.3 is 5.11 Å². The summed E-state index contributed by atoms with van der Waals surface area (Å²) in [6, 6.07) is 0. The van der Waals surface area contributed by atoms with Crippen LogP contribution in [0.15, 0.2) is 0 Å². The minimum atomic E-state index is -0.554. The highest BCUT2D eigenvalue weighted by atomic mass is 16.4. The third kappa shape index (κ3) is 2.28. The van der Waals surface area contributed by atoms with Gasteiger partial charge in [0.2, 0.25) is 0 Å². The number of hydrogen-bond donors (Lipinski definition) is 1. The van der Waals surface area contributed by atoms with Crippen LogP contribution in [0.1, 0.15) is 58.8 Å². The Morgan fingerprint density at radius 1 is 1.29 bits per heavy atom. The van der Waals surface area contributed by atoms with Crippen LogP contribution >= 0.6 is 0 Å². The summed E-state index contributed by atoms with van der Waals surface area (Å²) in [5, 5.41) is 9.30. The number of hydrogen-bond acceptors (Lipinski definition) is 1. The Kier molecular flexibility index (Phi) is 3.97. The van der Waals surface area contributed by atoms with E-state index in [1.807, 2.05) is 0 Å². The smallest absolute Gasteiger partial charge is 0.309 e. The van der Waals surface area contributed by atoms with E-state index in [4.69, 9.17) is 0 Å². The van der Waals surface area contributed by atoms with Crippen molar-refractivity contribution in [2.45, 2.75) is 58.8 Å². The number of carbonyl (C=O) groups is 1. The molecule has 0 aromatic heterocycles. The highest BCUT2D eigenvalue weighted by Gasteiger charge is 2.42. The molecule has 1 N–H and O–H groups in total. The molecule has 82 valence electrons. The summed E-state index contributed by atoms with van der Waals surface area (Å²) in [6.45, 7) is 4.33. The van der Waals surface area contributed by atoms with E-state index in [0.29, 0.717) is 5.92 Å². The van der Waals surface area contributed by atoms with Gasteiger partial charge in [0.15, 0.2) is 0 Å². The second-order valence-electron chi connectivity index (χ2n) is 4.68. The van der Waals surface area contributed by atoms with Crippen molar-refractivity contribution >= 4 is 5.97 Å². The molecule has 2 nitrogen and oxygen atoms in total. The Labute approximate surface area is 86.7 Å². The van der Waals surface area contributed by atoms with Crippen LogP contribution in [-0.4, -0.2) is 11.1 Å². The molecular weight excluding hydrogens is 176 g/mol. The van der Waals surface area contributed by atoms with Crippen molar-refractivity contribution in [3.63, 3.8) is 0 Å². The minimum Gasteiger partial charge on any atom is -0.481 e. The van der Waals surface area contributed by atoms with Crippen molar-refractivity contribution in [2.24, 2.45) is 11.3 Å². The highest BCUT2D eigenvalue weighted by molar-refractivity contribution is 5.75. The van der Waals surface area contributed by atoms with E-state index >= 15 is 0 Å². The first-order chi connectivity index (χ1) is 6.64. The van der Waals surface area contributed by atoms with Crippen LogP contribution in [0.5, 0.6) is 0 Å². The van der Waals surface area contributed by atoms with Crippen LogP contribution in [0.4, 0.5) is 0 Å². The maximum atomic E-state index is 11.3. The summed E-state index contributed by atoms with van der Waals surface area (Å²) in [5.41, 5.74) is -0.364. The molecule has 0 radical (unpaired) electrons. The van der Waals surface area contributed by atoms with Gasteiger partial charge in [-0.3, -0.25) is 4.79 Å². The molecule has 0 atom stereocenters. The molecule has 1 aliphatic carbocycles. The van der Waals surface area contributed by atoms with E-state index in [1.165, 1.54) is 0 Å². The van der Waals surface area contributed by atoms with Gasteiger partial charge in [0, 0.05) is 0 Å². The highest BCUT2D eigenvalue weighted by Crippen LogP contribution is 2.44. The maximum Gasteiger partial charge on any atom is 0.309 e. The summed E-state index contributed by atoms with van der Waals surface area (Å²) >= 11 is 0. The first-order valence-corrected chi connectivity index (χ1v) is 5.88. The lowest BCUT2D eigenvalue weighted by Crippen LogP contribution is -2.30. The van der Waals surface area contributed by atoms with Crippen molar-refractivity contribution in [1.82, 2.24) is 0 Å². The van der Waals surface area contributed by atoms with Crippen molar-refractivity contribution in [3.8, 4) is 0 Å². The Morgan fingerprint density at radius 2 is 1.79 bits per heavy atom. The van der Waals surface area contributed by atoms with E-state index < -0.39 is 5.97 Å². The van der Waals surface area contributed by atoms with Crippen LogP contribution in [0, 0.1) is 11.3 Å². The molecule has 1 aliphatic rings. The van der Waals surface area contributed by atoms with Gasteiger partial charge in [0.1, 0.15) is 0 Å². The molecule has 0 bridgehead atoms. The Morgan fingerprint density at radius 3 is 2.14 bits per heavy atom. The van der Waals surface area contributed by atoms with E-state index in [2.05, 4.69) is 13.8 Å². The SMILES string of the molecule is CCC(CC)CC1(C(=O)O)CCCC1. The fourth-order valence-electron chi connectivity index (χ4n) is 2.69. The maximum absolute atomic E-state index is 11.3. The zero-order valence-corrected chi connectivity index (χ0v) is 9.38. The Bertz CT molecular complexity index is 188. The summed E-state index contributed by atoms with van der Waals surface area (Å²) in [6.07, 6.45) is 7.14. The monoisotopic (exact) mass is 198 g/mol. The normalized spacial score (nSPS) is 20.2. The van der Waals surface area contributed by atoms with Crippen LogP contribution in [0.3, 0.4) is 0 Å². The molecule has 0 aromatic carbocycles. The third-order valence-corrected chi connectivity index (χ3v) is 3.85. The zero-order valence-electron chi connectivity index (χ0n) is 9.38. The zero-order chi connectivity index (χ0) is 10.6. The lowest BCUT2D eigenvalue weighted by molar-refractivity contribution is -0.149. The summed E-state index contributed by atoms with van der Waals surface area (Å²) in [7, 11) is 0. The molecule has 1 rings (SSSR count). The summed E-state index contributed by atoms with van der Waals surface area (Å²) in [4.78, 5) is 11.3. The lowest BCUT2D eigenvalue weighted by atomic mass is 9.76. The lowest BCUT2D eigenvalue weighted by Gasteiger charge is -2.28. The van der Waals surface area contributed by atoms with Gasteiger partial charge in [-0.15, -0.1) is 0 Å². The fraction of sp³-hybridized carbons (Fsp3) is 0.917. The van der Waals surface area contributed by atoms with E-state index in [1.54, 1.807) is 0 Å². The molecule has 0 aliphatic heterocycles. The predicted molar refractivity (Wildman–Crippen MR) is 57.2 cm³/mol. The molecule has 0 aromatic rings. The standard InChI is InChI=1S/C12H22O2/c1-3-10(4-2)9-12(11(13)14)7-5-6-8-12/h10H,3-9H2,1-2H3,(H,13,14). The Hall–Kier alpha value is -0.530. The number of aliphatic carboxylic acids is 1. The summed E-state index contributed by atoms with van der Waals surface area (Å²) in [5.74, 6) is 0.0473. The van der Waals surface area contributed by atoms with Crippen LogP contribution in [0.2, 0.25) is 0 Å². The summed E-state index contributed by atoms with van der Waals surface area (Å²) < 4.78 is 0. The molecule has 0 unspecified atom stereocenters. The van der Waals surface area contributed by atoms with Gasteiger partial charge in [-0.1, -0.05) is 39.5 Å². The van der Waals surface area contributed by atoms with Crippen molar-refractivity contribution in [1.29, 1.82) is 0 Å². The fourth-order valence-corrected chi connectivity index (χ4v) is 2.69. The molecule has 0 amide bonds. The van der Waals surface area contributed by atoms with Crippen molar-refractivity contribution in [3.05, 3.63) is 0 Å². The van der Waals surface area contributed by atoms with Gasteiger partial charge in [-0.25, -0.2) is 0 Å². The topological polar surface area (TPSA) is 37.3 Å². The minimum absolute atomic E-state index is 0.364. The van der Waals surface area contributed by atoms with Crippen molar-refractivity contribution < 1.29 is 9.90 Å². The molecule has 0 heterocycles. The molecule has 1 fully saturated rings. The molecule has 2 heteroatoms. The molecule has 14 heavy (non-hydrogen) atoms. The number of carboxylic acid groups (broad SMARTS) is 1. The van der Waals surface area contributed by atoms with Crippen molar-refractivity contribution in [2.75, 3.05) is 0 Å². The number of carboxylic acids is 1. The molecule has 1 saturated carbocycles. The molecular formula is C12H22O2. The van der Waals surface area contributed by atoms with Gasteiger partial charge >= 0.3 is 5.97 Å². The van der Waals surface area contributed by atoms with E-state index in [-0.39, 0.29) is 5.41 Å². The van der Waals surface area contributed by atoms with Crippen LogP contribution in [-0.2, 0) is 4.79 Å². The van der Waals surface area contributed by atoms with Gasteiger partial charge in [-0.2, -0.15) is 0 Å². The van der Waals surface area contributed by atoms with Crippen LogP contribution in [0.25, 0.3) is 0 Å². The second-order valence-corrected chi connectivity index (χ2v) is 4.68. The first-order valence-electron chi connectivity index (χ1n) is 5.88. The second kappa shape index (κ2) is 4.81. The molecule has 0 saturated heterocycles. The first kappa shape index (κ1) is 11.5. The number of rotatable bonds is 5. The largest absolute Gasteiger partial charge is 0.481 e. The predicted octanol–water partition coefficient (Wildman–Crippen LogP) is 3.46. The average molecular weight is 198 g/mol. The van der Waals surface area contributed by atoms with Gasteiger partial charge in [0.05, 0.1) is 5.41 Å². The van der Waals surface area contributed by atoms with E-state index in [0.717, 1.165) is 44.9 Å². The van der Waals surface area contributed by atoms with E-state index in [9.17, 15) is 9.90 Å². The van der Waals surface area contributed by atoms with Gasteiger partial charge in [0.25, 0.3) is 0 Å². The van der Waals surface area contributed by atoms with Gasteiger partial charge in [-0.05, 0) is 25.2 Å². The third-order valence-electron chi connectivity index (χ3n) is 3.85. The quantitative estimate of drug-likeness (QED) is 0.734.